The zero-order valence-electron chi connectivity index (χ0n) is 13.2. The normalized spacial score (nSPS) is 10.5. The predicted molar refractivity (Wildman–Crippen MR) is 86.2 cm³/mol. The van der Waals surface area contributed by atoms with Crippen LogP contribution in [0.3, 0.4) is 0 Å². The van der Waals surface area contributed by atoms with Crippen LogP contribution in [0.2, 0.25) is 0 Å². The SMILES string of the molecule is CCCc1c(NCC)ncnc1Oc1ccc(C)cc1C. The Kier molecular flexibility index (Phi) is 5.14. The van der Waals surface area contributed by atoms with E-state index >= 15 is 0 Å². The van der Waals surface area contributed by atoms with Crippen molar-refractivity contribution in [3.63, 3.8) is 0 Å². The van der Waals surface area contributed by atoms with Crippen LogP contribution in [0.25, 0.3) is 0 Å². The van der Waals surface area contributed by atoms with Crippen molar-refractivity contribution in [1.82, 2.24) is 9.97 Å². The van der Waals surface area contributed by atoms with E-state index in [1.807, 2.05) is 19.1 Å². The fourth-order valence-corrected chi connectivity index (χ4v) is 2.30. The maximum atomic E-state index is 6.04. The minimum absolute atomic E-state index is 0.648. The summed E-state index contributed by atoms with van der Waals surface area (Å²) in [6.45, 7) is 9.16. The first-order valence-corrected chi connectivity index (χ1v) is 7.48. The molecule has 1 aromatic carbocycles. The van der Waals surface area contributed by atoms with Crippen molar-refractivity contribution < 1.29 is 4.74 Å². The first-order chi connectivity index (χ1) is 10.2. The second-order valence-corrected chi connectivity index (χ2v) is 5.16. The Balaban J connectivity index is 2.36. The third-order valence-electron chi connectivity index (χ3n) is 3.29. The molecule has 0 saturated heterocycles. The van der Waals surface area contributed by atoms with Crippen molar-refractivity contribution in [2.75, 3.05) is 11.9 Å². The van der Waals surface area contributed by atoms with Gasteiger partial charge in [0, 0.05) is 6.54 Å². The average molecular weight is 285 g/mol. The van der Waals surface area contributed by atoms with Crippen LogP contribution in [0.1, 0.15) is 37.0 Å². The molecule has 2 aromatic rings. The summed E-state index contributed by atoms with van der Waals surface area (Å²) in [4.78, 5) is 8.65. The molecule has 4 nitrogen and oxygen atoms in total. The molecule has 0 bridgehead atoms. The highest BCUT2D eigenvalue weighted by atomic mass is 16.5. The molecule has 0 amide bonds. The smallest absolute Gasteiger partial charge is 0.227 e. The maximum Gasteiger partial charge on any atom is 0.227 e. The van der Waals surface area contributed by atoms with Gasteiger partial charge in [-0.3, -0.25) is 0 Å². The molecule has 0 aliphatic rings. The van der Waals surface area contributed by atoms with Crippen molar-refractivity contribution in [2.45, 2.75) is 40.5 Å². The molecule has 2 rings (SSSR count). The van der Waals surface area contributed by atoms with Crippen LogP contribution < -0.4 is 10.1 Å². The number of aryl methyl sites for hydroxylation is 2. The molecule has 0 atom stereocenters. The summed E-state index contributed by atoms with van der Waals surface area (Å²) in [5.74, 6) is 2.36. The highest BCUT2D eigenvalue weighted by Gasteiger charge is 2.13. The monoisotopic (exact) mass is 285 g/mol. The van der Waals surface area contributed by atoms with Crippen molar-refractivity contribution in [2.24, 2.45) is 0 Å². The van der Waals surface area contributed by atoms with E-state index in [4.69, 9.17) is 4.74 Å². The van der Waals surface area contributed by atoms with Gasteiger partial charge in [-0.05, 0) is 38.8 Å². The minimum atomic E-state index is 0.648. The lowest BCUT2D eigenvalue weighted by Gasteiger charge is -2.14. The molecule has 1 heterocycles. The van der Waals surface area contributed by atoms with Gasteiger partial charge in [0.15, 0.2) is 0 Å². The number of nitrogens with zero attached hydrogens (tertiary/aromatic N) is 2. The van der Waals surface area contributed by atoms with Crippen molar-refractivity contribution in [3.05, 3.63) is 41.2 Å². The molecule has 4 heteroatoms. The summed E-state index contributed by atoms with van der Waals surface area (Å²) in [6, 6.07) is 6.16. The van der Waals surface area contributed by atoms with E-state index in [1.165, 1.54) is 5.56 Å². The van der Waals surface area contributed by atoms with E-state index in [9.17, 15) is 0 Å². The van der Waals surface area contributed by atoms with Gasteiger partial charge in [-0.2, -0.15) is 0 Å². The molecule has 21 heavy (non-hydrogen) atoms. The molecule has 1 aromatic heterocycles. The van der Waals surface area contributed by atoms with Gasteiger partial charge in [-0.15, -0.1) is 0 Å². The zero-order valence-corrected chi connectivity index (χ0v) is 13.2. The molecule has 0 saturated carbocycles. The Bertz CT molecular complexity index is 611. The predicted octanol–water partition coefficient (Wildman–Crippen LogP) is 4.27. The van der Waals surface area contributed by atoms with Gasteiger partial charge in [0.2, 0.25) is 5.88 Å². The fraction of sp³-hybridized carbons (Fsp3) is 0.412. The summed E-state index contributed by atoms with van der Waals surface area (Å²) >= 11 is 0. The third kappa shape index (κ3) is 3.72. The number of benzene rings is 1. The van der Waals surface area contributed by atoms with E-state index in [0.29, 0.717) is 5.88 Å². The summed E-state index contributed by atoms with van der Waals surface area (Å²) in [6.07, 6.45) is 3.47. The molecule has 0 aliphatic carbocycles. The van der Waals surface area contributed by atoms with Crippen LogP contribution in [0.5, 0.6) is 11.6 Å². The molecule has 112 valence electrons. The number of anilines is 1. The molecule has 0 radical (unpaired) electrons. The standard InChI is InChI=1S/C17H23N3O/c1-5-7-14-16(18-6-2)19-11-20-17(14)21-15-9-8-12(3)10-13(15)4/h8-11H,5-7H2,1-4H3,(H,18,19,20). The lowest BCUT2D eigenvalue weighted by atomic mass is 10.1. The van der Waals surface area contributed by atoms with Gasteiger partial charge >= 0.3 is 0 Å². The Labute approximate surface area is 126 Å². The number of hydrogen-bond donors (Lipinski definition) is 1. The van der Waals surface area contributed by atoms with E-state index in [1.54, 1.807) is 6.33 Å². The lowest BCUT2D eigenvalue weighted by Crippen LogP contribution is -2.06. The second-order valence-electron chi connectivity index (χ2n) is 5.16. The zero-order chi connectivity index (χ0) is 15.2. The van der Waals surface area contributed by atoms with Crippen LogP contribution in [0.4, 0.5) is 5.82 Å². The van der Waals surface area contributed by atoms with Crippen LogP contribution >= 0.6 is 0 Å². The molecular weight excluding hydrogens is 262 g/mol. The van der Waals surface area contributed by atoms with E-state index < -0.39 is 0 Å². The van der Waals surface area contributed by atoms with Gasteiger partial charge in [0.05, 0.1) is 5.56 Å². The molecular formula is C17H23N3O. The van der Waals surface area contributed by atoms with E-state index in [0.717, 1.165) is 42.1 Å². The largest absolute Gasteiger partial charge is 0.438 e. The van der Waals surface area contributed by atoms with E-state index in [2.05, 4.69) is 42.1 Å². The quantitative estimate of drug-likeness (QED) is 0.861. The van der Waals surface area contributed by atoms with Gasteiger partial charge in [0.1, 0.15) is 17.9 Å². The number of hydrogen-bond acceptors (Lipinski definition) is 4. The number of ether oxygens (including phenoxy) is 1. The van der Waals surface area contributed by atoms with Crippen LogP contribution in [0, 0.1) is 13.8 Å². The number of aromatic nitrogens is 2. The minimum Gasteiger partial charge on any atom is -0.438 e. The maximum absolute atomic E-state index is 6.04. The summed E-state index contributed by atoms with van der Waals surface area (Å²) < 4.78 is 6.04. The Morgan fingerprint density at radius 3 is 2.62 bits per heavy atom. The van der Waals surface area contributed by atoms with Crippen LogP contribution in [-0.2, 0) is 6.42 Å². The highest BCUT2D eigenvalue weighted by Crippen LogP contribution is 2.30. The number of rotatable bonds is 6. The van der Waals surface area contributed by atoms with Crippen molar-refractivity contribution in [1.29, 1.82) is 0 Å². The van der Waals surface area contributed by atoms with Crippen LogP contribution in [0.15, 0.2) is 24.5 Å². The van der Waals surface area contributed by atoms with Gasteiger partial charge < -0.3 is 10.1 Å². The van der Waals surface area contributed by atoms with Crippen molar-refractivity contribution in [3.8, 4) is 11.6 Å². The molecule has 0 fully saturated rings. The van der Waals surface area contributed by atoms with Gasteiger partial charge in [-0.25, -0.2) is 9.97 Å². The van der Waals surface area contributed by atoms with Crippen LogP contribution in [-0.4, -0.2) is 16.5 Å². The Morgan fingerprint density at radius 2 is 1.95 bits per heavy atom. The Hall–Kier alpha value is -2.10. The fourth-order valence-electron chi connectivity index (χ4n) is 2.30. The average Bonchev–Trinajstić information content (AvgIpc) is 2.45. The summed E-state index contributed by atoms with van der Waals surface area (Å²) in [5, 5.41) is 3.28. The molecule has 0 aliphatic heterocycles. The molecule has 0 spiro atoms. The third-order valence-corrected chi connectivity index (χ3v) is 3.29. The highest BCUT2D eigenvalue weighted by molar-refractivity contribution is 5.50. The lowest BCUT2D eigenvalue weighted by molar-refractivity contribution is 0.451. The van der Waals surface area contributed by atoms with Gasteiger partial charge in [-0.1, -0.05) is 31.0 Å². The topological polar surface area (TPSA) is 47.0 Å². The second kappa shape index (κ2) is 7.07. The summed E-state index contributed by atoms with van der Waals surface area (Å²) in [5.41, 5.74) is 3.38. The molecule has 1 N–H and O–H groups in total. The van der Waals surface area contributed by atoms with E-state index in [-0.39, 0.29) is 0 Å². The van der Waals surface area contributed by atoms with Gasteiger partial charge in [0.25, 0.3) is 0 Å². The summed E-state index contributed by atoms with van der Waals surface area (Å²) in [7, 11) is 0. The van der Waals surface area contributed by atoms with Crippen molar-refractivity contribution >= 4 is 5.82 Å². The molecule has 0 unspecified atom stereocenters. The first-order valence-electron chi connectivity index (χ1n) is 7.48. The number of nitrogens with one attached hydrogen (secondary N) is 1. The first kappa shape index (κ1) is 15.3. The Morgan fingerprint density at radius 1 is 1.14 bits per heavy atom.